The van der Waals surface area contributed by atoms with Crippen LogP contribution in [0.2, 0.25) is 0 Å². The molecule has 18 heavy (non-hydrogen) atoms. The Bertz CT molecular complexity index is 399. The Hall–Kier alpha value is -1.22. The summed E-state index contributed by atoms with van der Waals surface area (Å²) >= 11 is 0. The normalized spacial score (nSPS) is 16.4. The number of rotatable bonds is 6. The van der Waals surface area contributed by atoms with E-state index in [1.165, 1.54) is 12.8 Å². The number of benzene rings is 1. The third-order valence-electron chi connectivity index (χ3n) is 3.44. The first-order valence-electron chi connectivity index (χ1n) is 6.80. The molecule has 1 aliphatic rings. The average molecular weight is 249 g/mol. The van der Waals surface area contributed by atoms with E-state index in [2.05, 4.69) is 17.9 Å². The van der Waals surface area contributed by atoms with Gasteiger partial charge in [-0.2, -0.15) is 0 Å². The summed E-state index contributed by atoms with van der Waals surface area (Å²) < 4.78 is 5.39. The van der Waals surface area contributed by atoms with E-state index in [0.717, 1.165) is 30.0 Å². The topological polar surface area (TPSA) is 32.7 Å². The van der Waals surface area contributed by atoms with E-state index in [9.17, 15) is 5.11 Å². The molecule has 1 saturated carbocycles. The van der Waals surface area contributed by atoms with Crippen molar-refractivity contribution < 1.29 is 9.84 Å². The van der Waals surface area contributed by atoms with Gasteiger partial charge in [-0.3, -0.25) is 0 Å². The maximum Gasteiger partial charge on any atom is 0.126 e. The Balaban J connectivity index is 2.40. The molecule has 100 valence electrons. The van der Waals surface area contributed by atoms with Crippen LogP contribution in [0.4, 0.5) is 5.69 Å². The summed E-state index contributed by atoms with van der Waals surface area (Å²) in [7, 11) is 1.66. The monoisotopic (exact) mass is 249 g/mol. The van der Waals surface area contributed by atoms with Crippen LogP contribution < -0.4 is 9.64 Å². The van der Waals surface area contributed by atoms with Crippen molar-refractivity contribution in [2.75, 3.05) is 18.6 Å². The summed E-state index contributed by atoms with van der Waals surface area (Å²) in [5.41, 5.74) is 2.05. The lowest BCUT2D eigenvalue weighted by Crippen LogP contribution is -2.28. The molecule has 2 rings (SSSR count). The maximum absolute atomic E-state index is 10.0. The van der Waals surface area contributed by atoms with Crippen LogP contribution in [0.5, 0.6) is 5.75 Å². The highest BCUT2D eigenvalue weighted by Crippen LogP contribution is 2.39. The van der Waals surface area contributed by atoms with Crippen LogP contribution in [0.15, 0.2) is 18.2 Å². The van der Waals surface area contributed by atoms with Crippen LogP contribution in [-0.4, -0.2) is 24.8 Å². The summed E-state index contributed by atoms with van der Waals surface area (Å²) in [6.45, 7) is 5.04. The van der Waals surface area contributed by atoms with Crippen molar-refractivity contribution in [3.8, 4) is 5.75 Å². The molecule has 0 bridgehead atoms. The van der Waals surface area contributed by atoms with Crippen LogP contribution in [0.1, 0.15) is 44.8 Å². The van der Waals surface area contributed by atoms with E-state index < -0.39 is 6.10 Å². The molecule has 0 heterocycles. The zero-order chi connectivity index (χ0) is 13.1. The van der Waals surface area contributed by atoms with Gasteiger partial charge in [-0.05, 0) is 38.3 Å². The molecule has 1 aliphatic carbocycles. The number of aliphatic hydroxyl groups excluding tert-OH is 1. The van der Waals surface area contributed by atoms with Crippen LogP contribution in [0, 0.1) is 0 Å². The van der Waals surface area contributed by atoms with Crippen molar-refractivity contribution >= 4 is 5.69 Å². The summed E-state index contributed by atoms with van der Waals surface area (Å²) in [4.78, 5) is 2.42. The molecule has 1 aromatic carbocycles. The maximum atomic E-state index is 10.0. The molecule has 3 nitrogen and oxygen atoms in total. The lowest BCUT2D eigenvalue weighted by atomic mass is 10.1. The molecule has 1 unspecified atom stereocenters. The van der Waals surface area contributed by atoms with Crippen LogP contribution >= 0.6 is 0 Å². The fraction of sp³-hybridized carbons (Fsp3) is 0.600. The van der Waals surface area contributed by atoms with Gasteiger partial charge in [0.1, 0.15) is 5.75 Å². The molecule has 1 N–H and O–H groups in total. The molecule has 0 spiro atoms. The fourth-order valence-electron chi connectivity index (χ4n) is 2.51. The van der Waals surface area contributed by atoms with Gasteiger partial charge in [0.25, 0.3) is 0 Å². The van der Waals surface area contributed by atoms with Crippen molar-refractivity contribution in [3.05, 3.63) is 23.8 Å². The standard InChI is InChI=1S/C15H23NO2/c1-4-10-16(12-8-9-12)13-6-5-7-14(18-3)15(13)11(2)17/h5-7,11-12,17H,4,8-10H2,1-3H3. The van der Waals surface area contributed by atoms with Gasteiger partial charge in [-0.25, -0.2) is 0 Å². The smallest absolute Gasteiger partial charge is 0.126 e. The average Bonchev–Trinajstić information content (AvgIpc) is 3.19. The Labute approximate surface area is 109 Å². The van der Waals surface area contributed by atoms with Crippen molar-refractivity contribution in [3.63, 3.8) is 0 Å². The van der Waals surface area contributed by atoms with E-state index in [1.807, 2.05) is 12.1 Å². The molecular weight excluding hydrogens is 226 g/mol. The van der Waals surface area contributed by atoms with Gasteiger partial charge < -0.3 is 14.7 Å². The van der Waals surface area contributed by atoms with E-state index in [0.29, 0.717) is 6.04 Å². The number of hydrogen-bond acceptors (Lipinski definition) is 3. The minimum absolute atomic E-state index is 0.505. The Morgan fingerprint density at radius 1 is 1.44 bits per heavy atom. The van der Waals surface area contributed by atoms with Crippen molar-refractivity contribution in [2.45, 2.75) is 45.3 Å². The first-order valence-corrected chi connectivity index (χ1v) is 6.80. The number of anilines is 1. The molecule has 0 aliphatic heterocycles. The Kier molecular flexibility index (Phi) is 4.12. The number of nitrogens with zero attached hydrogens (tertiary/aromatic N) is 1. The molecule has 0 radical (unpaired) electrons. The zero-order valence-electron chi connectivity index (χ0n) is 11.5. The molecule has 3 heteroatoms. The van der Waals surface area contributed by atoms with Gasteiger partial charge in [0.05, 0.1) is 13.2 Å². The third kappa shape index (κ3) is 2.61. The second-order valence-corrected chi connectivity index (χ2v) is 4.99. The van der Waals surface area contributed by atoms with E-state index in [4.69, 9.17) is 4.74 Å². The highest BCUT2D eigenvalue weighted by atomic mass is 16.5. The van der Waals surface area contributed by atoms with Crippen molar-refractivity contribution in [1.29, 1.82) is 0 Å². The third-order valence-corrected chi connectivity index (χ3v) is 3.44. The lowest BCUT2D eigenvalue weighted by Gasteiger charge is -2.28. The van der Waals surface area contributed by atoms with E-state index in [-0.39, 0.29) is 0 Å². The predicted molar refractivity (Wildman–Crippen MR) is 74.3 cm³/mol. The van der Waals surface area contributed by atoms with Crippen molar-refractivity contribution in [2.24, 2.45) is 0 Å². The highest BCUT2D eigenvalue weighted by Gasteiger charge is 2.31. The van der Waals surface area contributed by atoms with Crippen LogP contribution in [-0.2, 0) is 0 Å². The molecule has 0 saturated heterocycles. The molecular formula is C15H23NO2. The zero-order valence-corrected chi connectivity index (χ0v) is 11.5. The second-order valence-electron chi connectivity index (χ2n) is 4.99. The van der Waals surface area contributed by atoms with Gasteiger partial charge in [0, 0.05) is 23.8 Å². The quantitative estimate of drug-likeness (QED) is 0.840. The van der Waals surface area contributed by atoms with Crippen LogP contribution in [0.25, 0.3) is 0 Å². The van der Waals surface area contributed by atoms with Gasteiger partial charge >= 0.3 is 0 Å². The summed E-state index contributed by atoms with van der Waals surface area (Å²) in [5.74, 6) is 0.782. The number of hydrogen-bond donors (Lipinski definition) is 1. The van der Waals surface area contributed by atoms with E-state index >= 15 is 0 Å². The molecule has 1 atom stereocenters. The first-order chi connectivity index (χ1) is 8.69. The Morgan fingerprint density at radius 3 is 2.67 bits per heavy atom. The van der Waals surface area contributed by atoms with Gasteiger partial charge in [0.15, 0.2) is 0 Å². The molecule has 0 aromatic heterocycles. The fourth-order valence-corrected chi connectivity index (χ4v) is 2.51. The minimum Gasteiger partial charge on any atom is -0.496 e. The highest BCUT2D eigenvalue weighted by molar-refractivity contribution is 5.61. The molecule has 1 aromatic rings. The predicted octanol–water partition coefficient (Wildman–Crippen LogP) is 3.13. The van der Waals surface area contributed by atoms with Crippen LogP contribution in [0.3, 0.4) is 0 Å². The second kappa shape index (κ2) is 5.61. The number of methoxy groups -OCH3 is 1. The SMILES string of the molecule is CCCN(c1cccc(OC)c1C(C)O)C1CC1. The van der Waals surface area contributed by atoms with Gasteiger partial charge in [-0.1, -0.05) is 13.0 Å². The van der Waals surface area contributed by atoms with Gasteiger partial charge in [-0.15, -0.1) is 0 Å². The van der Waals surface area contributed by atoms with E-state index in [1.54, 1.807) is 14.0 Å². The summed E-state index contributed by atoms with van der Waals surface area (Å²) in [5, 5.41) is 10.0. The summed E-state index contributed by atoms with van der Waals surface area (Å²) in [6, 6.07) is 6.67. The Morgan fingerprint density at radius 2 is 2.17 bits per heavy atom. The van der Waals surface area contributed by atoms with Crippen molar-refractivity contribution in [1.82, 2.24) is 0 Å². The summed E-state index contributed by atoms with van der Waals surface area (Å²) in [6.07, 6.45) is 3.13. The molecule has 1 fully saturated rings. The number of ether oxygens (including phenoxy) is 1. The number of aliphatic hydroxyl groups is 1. The lowest BCUT2D eigenvalue weighted by molar-refractivity contribution is 0.194. The van der Waals surface area contributed by atoms with Gasteiger partial charge in [0.2, 0.25) is 0 Å². The molecule has 0 amide bonds. The minimum atomic E-state index is -0.505. The first kappa shape index (κ1) is 13.2. The largest absolute Gasteiger partial charge is 0.496 e.